The molecule has 1 atom stereocenters. The Labute approximate surface area is 90.4 Å². The molecule has 0 saturated carbocycles. The molecule has 1 unspecified atom stereocenters. The molecule has 1 nitrogen and oxygen atoms in total. The lowest BCUT2D eigenvalue weighted by molar-refractivity contribution is 0.794. The van der Waals surface area contributed by atoms with Crippen LogP contribution in [0, 0.1) is 11.3 Å². The van der Waals surface area contributed by atoms with Crippen molar-refractivity contribution in [2.24, 2.45) is 0 Å². The highest BCUT2D eigenvalue weighted by Crippen LogP contribution is 2.22. The van der Waals surface area contributed by atoms with E-state index in [9.17, 15) is 0 Å². The Bertz CT molecular complexity index is 337. The molecule has 0 saturated heterocycles. The lowest BCUT2D eigenvalue weighted by Gasteiger charge is -2.14. The van der Waals surface area contributed by atoms with Gasteiger partial charge in [-0.3, -0.25) is 0 Å². The van der Waals surface area contributed by atoms with Crippen LogP contribution in [0.15, 0.2) is 30.3 Å². The maximum Gasteiger partial charge on any atom is 0.0622 e. The van der Waals surface area contributed by atoms with E-state index in [-0.39, 0.29) is 5.92 Å². The summed E-state index contributed by atoms with van der Waals surface area (Å²) in [5.74, 6) is 0.255. The highest BCUT2D eigenvalue weighted by molar-refractivity contribution is 7.80. The molecule has 0 aromatic heterocycles. The highest BCUT2D eigenvalue weighted by atomic mass is 32.1. The van der Waals surface area contributed by atoms with Gasteiger partial charge in [0.15, 0.2) is 0 Å². The molecule has 0 N–H and O–H groups in total. The highest BCUT2D eigenvalue weighted by Gasteiger charge is 2.12. The zero-order chi connectivity index (χ0) is 10.4. The van der Waals surface area contributed by atoms with Gasteiger partial charge in [-0.2, -0.15) is 5.26 Å². The minimum absolute atomic E-state index is 0.255. The first-order valence-electron chi connectivity index (χ1n) is 4.68. The molecule has 1 aromatic carbocycles. The zero-order valence-electron chi connectivity index (χ0n) is 8.23. The van der Waals surface area contributed by atoms with Gasteiger partial charge >= 0.3 is 0 Å². The van der Waals surface area contributed by atoms with E-state index in [1.54, 1.807) is 0 Å². The van der Waals surface area contributed by atoms with Crippen LogP contribution in [0.4, 0.5) is 0 Å². The van der Waals surface area contributed by atoms with Crippen LogP contribution < -0.4 is 0 Å². The molecule has 0 radical (unpaired) electrons. The summed E-state index contributed by atoms with van der Waals surface area (Å²) in [6.45, 7) is 1.95. The molecular weight excluding hydrogens is 190 g/mol. The molecule has 0 heterocycles. The van der Waals surface area contributed by atoms with Gasteiger partial charge in [-0.05, 0) is 23.8 Å². The number of hydrogen-bond acceptors (Lipinski definition) is 2. The Hall–Kier alpha value is -1.20. The summed E-state index contributed by atoms with van der Waals surface area (Å²) in [7, 11) is 0. The summed E-state index contributed by atoms with van der Waals surface area (Å²) in [5.41, 5.74) is 1.22. The second-order valence-electron chi connectivity index (χ2n) is 3.27. The fourth-order valence-electron chi connectivity index (χ4n) is 1.50. The average Bonchev–Trinajstić information content (AvgIpc) is 2.19. The van der Waals surface area contributed by atoms with E-state index in [4.69, 9.17) is 17.5 Å². The summed E-state index contributed by atoms with van der Waals surface area (Å²) >= 11 is 5.20. The third kappa shape index (κ3) is 2.93. The Morgan fingerprint density at radius 3 is 2.57 bits per heavy atom. The molecule has 0 fully saturated rings. The van der Waals surface area contributed by atoms with Crippen LogP contribution in [-0.4, -0.2) is 4.86 Å². The standard InChI is InChI=1S/C12H13NS/c1-10(14)12(8-5-9-13)11-6-3-2-4-7-11/h2-4,6-7,12H,5,8H2,1H3. The summed E-state index contributed by atoms with van der Waals surface area (Å²) < 4.78 is 0. The predicted molar refractivity (Wildman–Crippen MR) is 62.3 cm³/mol. The maximum atomic E-state index is 8.55. The lowest BCUT2D eigenvalue weighted by atomic mass is 9.92. The van der Waals surface area contributed by atoms with Crippen LogP contribution in [0.25, 0.3) is 0 Å². The zero-order valence-corrected chi connectivity index (χ0v) is 9.05. The molecule has 14 heavy (non-hydrogen) atoms. The topological polar surface area (TPSA) is 23.8 Å². The molecule has 72 valence electrons. The Balaban J connectivity index is 2.79. The molecule has 0 amide bonds. The number of thiocarbonyl (C=S) groups is 1. The van der Waals surface area contributed by atoms with Gasteiger partial charge in [-0.1, -0.05) is 42.5 Å². The normalized spacial score (nSPS) is 11.7. The fraction of sp³-hybridized carbons (Fsp3) is 0.333. The van der Waals surface area contributed by atoms with Crippen molar-refractivity contribution in [3.8, 4) is 6.07 Å². The van der Waals surface area contributed by atoms with E-state index in [1.807, 2.05) is 25.1 Å². The maximum absolute atomic E-state index is 8.55. The predicted octanol–water partition coefficient (Wildman–Crippen LogP) is 3.46. The Morgan fingerprint density at radius 1 is 1.43 bits per heavy atom. The van der Waals surface area contributed by atoms with E-state index in [1.165, 1.54) is 5.56 Å². The van der Waals surface area contributed by atoms with Crippen LogP contribution in [0.2, 0.25) is 0 Å². The van der Waals surface area contributed by atoms with Crippen molar-refractivity contribution in [2.75, 3.05) is 0 Å². The van der Waals surface area contributed by atoms with Gasteiger partial charge in [-0.25, -0.2) is 0 Å². The Morgan fingerprint density at radius 2 is 2.07 bits per heavy atom. The molecule has 1 rings (SSSR count). The lowest BCUT2D eigenvalue weighted by Crippen LogP contribution is -2.06. The second kappa shape index (κ2) is 5.51. The minimum Gasteiger partial charge on any atom is -0.198 e. The summed E-state index contributed by atoms with van der Waals surface area (Å²) in [6, 6.07) is 12.3. The van der Waals surface area contributed by atoms with Crippen LogP contribution in [0.5, 0.6) is 0 Å². The molecule has 0 aliphatic rings. The van der Waals surface area contributed by atoms with Crippen LogP contribution in [0.3, 0.4) is 0 Å². The minimum atomic E-state index is 0.255. The van der Waals surface area contributed by atoms with Crippen LogP contribution in [-0.2, 0) is 0 Å². The summed E-state index contributed by atoms with van der Waals surface area (Å²) in [4.78, 5) is 0.964. The molecule has 0 bridgehead atoms. The van der Waals surface area contributed by atoms with Crippen molar-refractivity contribution < 1.29 is 0 Å². The number of hydrogen-bond donors (Lipinski definition) is 0. The number of nitriles is 1. The van der Waals surface area contributed by atoms with Crippen molar-refractivity contribution in [1.82, 2.24) is 0 Å². The first-order chi connectivity index (χ1) is 6.75. The summed E-state index contributed by atoms with van der Waals surface area (Å²) in [6.07, 6.45) is 1.39. The molecular formula is C12H13NS. The van der Waals surface area contributed by atoms with Crippen molar-refractivity contribution >= 4 is 17.1 Å². The quantitative estimate of drug-likeness (QED) is 0.700. The third-order valence-electron chi connectivity index (χ3n) is 2.24. The van der Waals surface area contributed by atoms with Gasteiger partial charge in [0.2, 0.25) is 0 Å². The van der Waals surface area contributed by atoms with Gasteiger partial charge in [0, 0.05) is 12.3 Å². The van der Waals surface area contributed by atoms with Gasteiger partial charge in [0.05, 0.1) is 6.07 Å². The smallest absolute Gasteiger partial charge is 0.0622 e. The molecule has 0 spiro atoms. The van der Waals surface area contributed by atoms with E-state index in [2.05, 4.69) is 18.2 Å². The molecule has 1 aromatic rings. The largest absolute Gasteiger partial charge is 0.198 e. The first-order valence-corrected chi connectivity index (χ1v) is 5.09. The van der Waals surface area contributed by atoms with Crippen molar-refractivity contribution in [3.05, 3.63) is 35.9 Å². The fourth-order valence-corrected chi connectivity index (χ4v) is 1.75. The van der Waals surface area contributed by atoms with E-state index >= 15 is 0 Å². The first kappa shape index (κ1) is 10.9. The van der Waals surface area contributed by atoms with Crippen molar-refractivity contribution in [2.45, 2.75) is 25.7 Å². The number of benzene rings is 1. The molecule has 2 heteroatoms. The van der Waals surface area contributed by atoms with Crippen molar-refractivity contribution in [1.29, 1.82) is 5.26 Å². The SMILES string of the molecule is CC(=S)C(CCC#N)c1ccccc1. The third-order valence-corrected chi connectivity index (χ3v) is 2.52. The van der Waals surface area contributed by atoms with Gasteiger partial charge < -0.3 is 0 Å². The molecule has 0 aliphatic carbocycles. The second-order valence-corrected chi connectivity index (χ2v) is 3.91. The summed E-state index contributed by atoms with van der Waals surface area (Å²) in [5, 5.41) is 8.55. The average molecular weight is 203 g/mol. The van der Waals surface area contributed by atoms with E-state index in [0.29, 0.717) is 6.42 Å². The number of rotatable bonds is 4. The molecule has 0 aliphatic heterocycles. The van der Waals surface area contributed by atoms with Gasteiger partial charge in [-0.15, -0.1) is 0 Å². The number of nitrogens with zero attached hydrogens (tertiary/aromatic N) is 1. The van der Waals surface area contributed by atoms with E-state index in [0.717, 1.165) is 11.3 Å². The van der Waals surface area contributed by atoms with Crippen LogP contribution >= 0.6 is 12.2 Å². The van der Waals surface area contributed by atoms with E-state index < -0.39 is 0 Å². The monoisotopic (exact) mass is 203 g/mol. The van der Waals surface area contributed by atoms with Gasteiger partial charge in [0.1, 0.15) is 0 Å². The van der Waals surface area contributed by atoms with Crippen LogP contribution in [0.1, 0.15) is 31.2 Å². The van der Waals surface area contributed by atoms with Crippen molar-refractivity contribution in [3.63, 3.8) is 0 Å². The van der Waals surface area contributed by atoms with Gasteiger partial charge in [0.25, 0.3) is 0 Å². The Kier molecular flexibility index (Phi) is 4.28.